The van der Waals surface area contributed by atoms with Crippen molar-refractivity contribution in [2.45, 2.75) is 96.2 Å². The Labute approximate surface area is 261 Å². The van der Waals surface area contributed by atoms with Crippen molar-refractivity contribution in [1.29, 1.82) is 0 Å². The van der Waals surface area contributed by atoms with Gasteiger partial charge in [0.05, 0.1) is 25.9 Å². The van der Waals surface area contributed by atoms with Crippen LogP contribution in [0.15, 0.2) is 103 Å². The monoisotopic (exact) mass is 600 g/mol. The van der Waals surface area contributed by atoms with Crippen LogP contribution in [0, 0.1) is 0 Å². The molecule has 44 heavy (non-hydrogen) atoms. The summed E-state index contributed by atoms with van der Waals surface area (Å²) in [4.78, 5) is 14.0. The number of ether oxygens (including phenoxy) is 6. The number of allylic oxidation sites excluding steroid dienone is 1. The van der Waals surface area contributed by atoms with Crippen LogP contribution >= 0.6 is 0 Å². The summed E-state index contributed by atoms with van der Waals surface area (Å²) in [5.74, 6) is -0.157. The van der Waals surface area contributed by atoms with Gasteiger partial charge in [0, 0.05) is 20.3 Å². The molecule has 2 aliphatic rings. The summed E-state index contributed by atoms with van der Waals surface area (Å²) in [5.41, 5.74) is 3.08. The highest BCUT2D eigenvalue weighted by atomic mass is 16.7. The van der Waals surface area contributed by atoms with Gasteiger partial charge in [0.25, 0.3) is 0 Å². The molecule has 2 heterocycles. The lowest BCUT2D eigenvalue weighted by Gasteiger charge is -2.46. The first-order chi connectivity index (χ1) is 21.4. The van der Waals surface area contributed by atoms with Crippen LogP contribution < -0.4 is 0 Å². The number of hydrogen-bond acceptors (Lipinski definition) is 7. The third kappa shape index (κ3) is 8.87. The minimum absolute atomic E-state index is 0.0974. The SMILES string of the molecule is CCCC1O[C@H](C(=O)CC=C2COC(C)(C)O2)[C@@H](OCc2ccccc2)[C@H](OCc2ccccc2)[C@H]1OCc1ccccc1. The number of rotatable bonds is 14. The molecule has 2 aliphatic heterocycles. The first-order valence-corrected chi connectivity index (χ1v) is 15.6. The van der Waals surface area contributed by atoms with E-state index in [0.717, 1.165) is 23.1 Å². The highest BCUT2D eigenvalue weighted by Gasteiger charge is 2.50. The van der Waals surface area contributed by atoms with Gasteiger partial charge < -0.3 is 28.4 Å². The van der Waals surface area contributed by atoms with E-state index in [0.29, 0.717) is 38.6 Å². The zero-order valence-electron chi connectivity index (χ0n) is 25.9. The first kappa shape index (κ1) is 32.1. The van der Waals surface area contributed by atoms with Crippen molar-refractivity contribution in [2.24, 2.45) is 0 Å². The zero-order valence-corrected chi connectivity index (χ0v) is 25.9. The smallest absolute Gasteiger partial charge is 0.204 e. The molecular formula is C37H44O7. The van der Waals surface area contributed by atoms with Crippen LogP contribution in [0.25, 0.3) is 0 Å². The highest BCUT2D eigenvalue weighted by molar-refractivity contribution is 5.85. The summed E-state index contributed by atoms with van der Waals surface area (Å²) in [6.07, 6.45) is 0.595. The summed E-state index contributed by atoms with van der Waals surface area (Å²) in [6, 6.07) is 30.0. The van der Waals surface area contributed by atoms with Gasteiger partial charge in [-0.15, -0.1) is 0 Å². The van der Waals surface area contributed by atoms with E-state index in [9.17, 15) is 4.79 Å². The average Bonchev–Trinajstić information content (AvgIpc) is 3.40. The van der Waals surface area contributed by atoms with E-state index < -0.39 is 30.2 Å². The third-order valence-electron chi connectivity index (χ3n) is 7.85. The van der Waals surface area contributed by atoms with Gasteiger partial charge in [0.2, 0.25) is 5.79 Å². The van der Waals surface area contributed by atoms with Gasteiger partial charge in [-0.05, 0) is 29.2 Å². The van der Waals surface area contributed by atoms with E-state index >= 15 is 0 Å². The Morgan fingerprint density at radius 1 is 0.773 bits per heavy atom. The predicted octanol–water partition coefficient (Wildman–Crippen LogP) is 6.94. The molecule has 5 atom stereocenters. The number of ketones is 1. The molecule has 5 rings (SSSR count). The fraction of sp³-hybridized carbons (Fsp3) is 0.432. The lowest BCUT2D eigenvalue weighted by molar-refractivity contribution is -0.260. The average molecular weight is 601 g/mol. The molecule has 3 aromatic rings. The molecule has 3 aromatic carbocycles. The lowest BCUT2D eigenvalue weighted by atomic mass is 9.89. The fourth-order valence-electron chi connectivity index (χ4n) is 5.61. The van der Waals surface area contributed by atoms with E-state index in [2.05, 4.69) is 6.92 Å². The molecule has 7 heteroatoms. The Kier molecular flexibility index (Phi) is 11.4. The molecule has 0 amide bonds. The predicted molar refractivity (Wildman–Crippen MR) is 167 cm³/mol. The Bertz CT molecular complexity index is 1330. The molecule has 0 saturated carbocycles. The largest absolute Gasteiger partial charge is 0.465 e. The molecule has 0 aliphatic carbocycles. The molecule has 2 saturated heterocycles. The van der Waals surface area contributed by atoms with Gasteiger partial charge in [-0.25, -0.2) is 0 Å². The Morgan fingerprint density at radius 2 is 1.27 bits per heavy atom. The summed E-state index contributed by atoms with van der Waals surface area (Å²) in [5, 5.41) is 0. The summed E-state index contributed by atoms with van der Waals surface area (Å²) < 4.78 is 38.1. The van der Waals surface area contributed by atoms with Crippen LogP contribution in [-0.4, -0.2) is 48.7 Å². The summed E-state index contributed by atoms with van der Waals surface area (Å²) in [7, 11) is 0. The number of carbonyl (C=O) groups excluding carboxylic acids is 1. The summed E-state index contributed by atoms with van der Waals surface area (Å²) >= 11 is 0. The second-order valence-corrected chi connectivity index (χ2v) is 11.8. The molecule has 0 N–H and O–H groups in total. The molecule has 0 radical (unpaired) electrons. The van der Waals surface area contributed by atoms with Crippen LogP contribution in [0.2, 0.25) is 0 Å². The van der Waals surface area contributed by atoms with Crippen LogP contribution in [0.5, 0.6) is 0 Å². The lowest BCUT2D eigenvalue weighted by Crippen LogP contribution is -2.62. The van der Waals surface area contributed by atoms with Crippen LogP contribution in [0.4, 0.5) is 0 Å². The first-order valence-electron chi connectivity index (χ1n) is 15.6. The van der Waals surface area contributed by atoms with E-state index in [1.807, 2.05) is 105 Å². The maximum atomic E-state index is 14.0. The maximum Gasteiger partial charge on any atom is 0.204 e. The van der Waals surface area contributed by atoms with Crippen molar-refractivity contribution >= 4 is 5.78 Å². The van der Waals surface area contributed by atoms with Crippen molar-refractivity contribution in [3.8, 4) is 0 Å². The molecular weight excluding hydrogens is 556 g/mol. The second-order valence-electron chi connectivity index (χ2n) is 11.8. The minimum Gasteiger partial charge on any atom is -0.465 e. The molecule has 7 nitrogen and oxygen atoms in total. The Morgan fingerprint density at radius 3 is 1.75 bits per heavy atom. The van der Waals surface area contributed by atoms with E-state index in [4.69, 9.17) is 28.4 Å². The molecule has 0 aromatic heterocycles. The third-order valence-corrected chi connectivity index (χ3v) is 7.85. The summed E-state index contributed by atoms with van der Waals surface area (Å²) in [6.45, 7) is 7.20. The molecule has 0 spiro atoms. The van der Waals surface area contributed by atoms with Gasteiger partial charge in [0.1, 0.15) is 36.8 Å². The second kappa shape index (κ2) is 15.6. The van der Waals surface area contributed by atoms with Crippen molar-refractivity contribution in [3.63, 3.8) is 0 Å². The molecule has 1 unspecified atom stereocenters. The minimum atomic E-state index is -0.847. The molecule has 234 valence electrons. The number of hydrogen-bond donors (Lipinski definition) is 0. The van der Waals surface area contributed by atoms with Crippen molar-refractivity contribution in [3.05, 3.63) is 120 Å². The van der Waals surface area contributed by atoms with Gasteiger partial charge in [-0.2, -0.15) is 0 Å². The Hall–Kier alpha value is -3.33. The number of Topliss-reactive ketones (excluding diaryl/α,β-unsaturated/α-hetero) is 1. The van der Waals surface area contributed by atoms with E-state index in [1.54, 1.807) is 6.08 Å². The van der Waals surface area contributed by atoms with Gasteiger partial charge in [-0.1, -0.05) is 104 Å². The standard InChI is InChI=1S/C37H44O7/c1-4-14-32-34(39-23-27-15-8-5-9-16-27)36(41-25-29-19-12-7-13-20-29)35(40-24-28-17-10-6-11-18-28)33(43-32)31(38)22-21-30-26-42-37(2,3)44-30/h5-13,15-21,32-36H,4,14,22-26H2,1-3H3/t32?,33-,34+,35-,36-/m1/s1. The normalized spacial score (nSPS) is 25.5. The van der Waals surface area contributed by atoms with Crippen molar-refractivity contribution in [2.75, 3.05) is 6.61 Å². The fourth-order valence-corrected chi connectivity index (χ4v) is 5.61. The van der Waals surface area contributed by atoms with E-state index in [1.165, 1.54) is 0 Å². The van der Waals surface area contributed by atoms with Crippen LogP contribution in [0.1, 0.15) is 56.7 Å². The molecule has 2 fully saturated rings. The highest BCUT2D eigenvalue weighted by Crippen LogP contribution is 2.34. The maximum absolute atomic E-state index is 14.0. The Balaban J connectivity index is 1.44. The van der Waals surface area contributed by atoms with Crippen molar-refractivity contribution < 1.29 is 33.2 Å². The molecule has 0 bridgehead atoms. The van der Waals surface area contributed by atoms with Gasteiger partial charge in [0.15, 0.2) is 5.78 Å². The van der Waals surface area contributed by atoms with Crippen LogP contribution in [0.3, 0.4) is 0 Å². The van der Waals surface area contributed by atoms with Crippen LogP contribution in [-0.2, 0) is 53.0 Å². The topological polar surface area (TPSA) is 72.5 Å². The van der Waals surface area contributed by atoms with Crippen molar-refractivity contribution in [1.82, 2.24) is 0 Å². The van der Waals surface area contributed by atoms with Gasteiger partial charge >= 0.3 is 0 Å². The van der Waals surface area contributed by atoms with Gasteiger partial charge in [-0.3, -0.25) is 4.79 Å². The number of carbonyl (C=O) groups is 1. The zero-order chi connectivity index (χ0) is 30.8. The quantitative estimate of drug-likeness (QED) is 0.199. The van der Waals surface area contributed by atoms with E-state index in [-0.39, 0.29) is 18.3 Å². The number of benzene rings is 3.